The number of carboxylic acids is 1. The first-order valence-corrected chi connectivity index (χ1v) is 5.88. The third-order valence-electron chi connectivity index (χ3n) is 2.87. The lowest BCUT2D eigenvalue weighted by Gasteiger charge is -2.11. The van der Waals surface area contributed by atoms with Crippen molar-refractivity contribution in [2.24, 2.45) is 0 Å². The molecule has 0 unspecified atom stereocenters. The molecule has 0 atom stereocenters. The fourth-order valence-corrected chi connectivity index (χ4v) is 1.71. The fourth-order valence-electron chi connectivity index (χ4n) is 1.71. The maximum atomic E-state index is 13.4. The zero-order chi connectivity index (χ0) is 14.7. The van der Waals surface area contributed by atoms with Crippen molar-refractivity contribution >= 4 is 5.97 Å². The van der Waals surface area contributed by atoms with Gasteiger partial charge in [0.2, 0.25) is 0 Å². The summed E-state index contributed by atoms with van der Waals surface area (Å²) in [5.41, 5.74) is 0.555. The molecule has 0 amide bonds. The molecule has 0 spiro atoms. The van der Waals surface area contributed by atoms with Crippen LogP contribution in [0.25, 0.3) is 0 Å². The van der Waals surface area contributed by atoms with E-state index in [1.165, 1.54) is 18.2 Å². The third kappa shape index (κ3) is 2.93. The minimum atomic E-state index is -1.09. The summed E-state index contributed by atoms with van der Waals surface area (Å²) in [5, 5.41) is 8.90. The first kappa shape index (κ1) is 14.0. The number of aryl methyl sites for hydroxylation is 1. The molecule has 2 aromatic carbocycles. The topological polar surface area (TPSA) is 46.5 Å². The molecule has 0 radical (unpaired) electrons. The lowest BCUT2D eigenvalue weighted by molar-refractivity contribution is 0.0696. The number of carboxylic acid groups (broad SMARTS) is 1. The van der Waals surface area contributed by atoms with Gasteiger partial charge in [-0.05, 0) is 36.8 Å². The molecular weight excluding hydrogens is 266 g/mol. The van der Waals surface area contributed by atoms with E-state index in [1.54, 1.807) is 13.0 Å². The molecule has 0 aliphatic rings. The molecular formula is C15H12F2O3. The highest BCUT2D eigenvalue weighted by Gasteiger charge is 2.11. The second-order valence-electron chi connectivity index (χ2n) is 4.27. The monoisotopic (exact) mass is 278 g/mol. The first-order chi connectivity index (χ1) is 9.49. The molecule has 0 aromatic heterocycles. The maximum absolute atomic E-state index is 13.4. The van der Waals surface area contributed by atoms with Crippen LogP contribution in [0.3, 0.4) is 0 Å². The van der Waals surface area contributed by atoms with Crippen LogP contribution in [0.1, 0.15) is 21.5 Å². The smallest absolute Gasteiger partial charge is 0.335 e. The van der Waals surface area contributed by atoms with Gasteiger partial charge in [0.15, 0.2) is 0 Å². The van der Waals surface area contributed by atoms with Crippen molar-refractivity contribution in [3.05, 3.63) is 64.7 Å². The normalized spacial score (nSPS) is 10.3. The summed E-state index contributed by atoms with van der Waals surface area (Å²) < 4.78 is 32.2. The molecule has 0 aliphatic heterocycles. The van der Waals surface area contributed by atoms with Gasteiger partial charge in [-0.2, -0.15) is 0 Å². The van der Waals surface area contributed by atoms with Gasteiger partial charge in [-0.15, -0.1) is 0 Å². The number of benzene rings is 2. The van der Waals surface area contributed by atoms with E-state index < -0.39 is 17.6 Å². The van der Waals surface area contributed by atoms with Crippen molar-refractivity contribution in [3.8, 4) is 5.75 Å². The molecule has 2 aromatic rings. The largest absolute Gasteiger partial charge is 0.488 e. The van der Waals surface area contributed by atoms with E-state index in [2.05, 4.69) is 0 Å². The number of hydrogen-bond donors (Lipinski definition) is 1. The van der Waals surface area contributed by atoms with Gasteiger partial charge in [0.25, 0.3) is 0 Å². The predicted octanol–water partition coefficient (Wildman–Crippen LogP) is 3.55. The maximum Gasteiger partial charge on any atom is 0.335 e. The Labute approximate surface area is 114 Å². The molecule has 1 N–H and O–H groups in total. The molecule has 0 heterocycles. The Balaban J connectivity index is 2.23. The van der Waals surface area contributed by atoms with Gasteiger partial charge < -0.3 is 9.84 Å². The third-order valence-corrected chi connectivity index (χ3v) is 2.87. The van der Waals surface area contributed by atoms with E-state index >= 15 is 0 Å². The lowest BCUT2D eigenvalue weighted by atomic mass is 10.1. The second kappa shape index (κ2) is 5.69. The van der Waals surface area contributed by atoms with Crippen LogP contribution in [-0.2, 0) is 6.61 Å². The van der Waals surface area contributed by atoms with Crippen LogP contribution in [0.2, 0.25) is 0 Å². The van der Waals surface area contributed by atoms with E-state index in [-0.39, 0.29) is 23.5 Å². The molecule has 0 fully saturated rings. The van der Waals surface area contributed by atoms with Crippen molar-refractivity contribution in [3.63, 3.8) is 0 Å². The summed E-state index contributed by atoms with van der Waals surface area (Å²) in [4.78, 5) is 10.9. The fraction of sp³-hybridized carbons (Fsp3) is 0.133. The second-order valence-corrected chi connectivity index (χ2v) is 4.27. The van der Waals surface area contributed by atoms with Crippen LogP contribution in [0.4, 0.5) is 8.78 Å². The van der Waals surface area contributed by atoms with Crippen LogP contribution < -0.4 is 4.74 Å². The SMILES string of the molecule is Cc1ccc(C(=O)O)cc1OCc1c(F)cccc1F. The minimum Gasteiger partial charge on any atom is -0.488 e. The number of rotatable bonds is 4. The standard InChI is InChI=1S/C15H12F2O3/c1-9-5-6-10(15(18)19)7-14(9)20-8-11-12(16)3-2-4-13(11)17/h2-7H,8H2,1H3,(H,18,19). The van der Waals surface area contributed by atoms with E-state index in [4.69, 9.17) is 9.84 Å². The lowest BCUT2D eigenvalue weighted by Crippen LogP contribution is -2.04. The van der Waals surface area contributed by atoms with Crippen LogP contribution in [0, 0.1) is 18.6 Å². The zero-order valence-corrected chi connectivity index (χ0v) is 10.7. The van der Waals surface area contributed by atoms with Crippen molar-refractivity contribution in [2.75, 3.05) is 0 Å². The minimum absolute atomic E-state index is 0.0552. The Kier molecular flexibility index (Phi) is 3.98. The Bertz CT molecular complexity index is 633. The molecule has 104 valence electrons. The highest BCUT2D eigenvalue weighted by molar-refractivity contribution is 5.88. The summed E-state index contributed by atoms with van der Waals surface area (Å²) in [6.07, 6.45) is 0. The summed E-state index contributed by atoms with van der Waals surface area (Å²) >= 11 is 0. The average Bonchev–Trinajstić information content (AvgIpc) is 2.39. The molecule has 5 heteroatoms. The van der Waals surface area contributed by atoms with Gasteiger partial charge in [-0.25, -0.2) is 13.6 Å². The van der Waals surface area contributed by atoms with Crippen LogP contribution in [0.5, 0.6) is 5.75 Å². The summed E-state index contributed by atoms with van der Waals surface area (Å²) in [7, 11) is 0. The van der Waals surface area contributed by atoms with Gasteiger partial charge in [0, 0.05) is 0 Å². The molecule has 0 saturated carbocycles. The van der Waals surface area contributed by atoms with Crippen LogP contribution in [-0.4, -0.2) is 11.1 Å². The van der Waals surface area contributed by atoms with Crippen molar-refractivity contribution in [1.82, 2.24) is 0 Å². The zero-order valence-electron chi connectivity index (χ0n) is 10.7. The van der Waals surface area contributed by atoms with Gasteiger partial charge in [0.1, 0.15) is 24.0 Å². The molecule has 0 bridgehead atoms. The summed E-state index contributed by atoms with van der Waals surface area (Å²) in [6.45, 7) is 1.42. The Morgan fingerprint density at radius 2 is 1.85 bits per heavy atom. The number of carbonyl (C=O) groups is 1. The molecule has 0 aliphatic carbocycles. The summed E-state index contributed by atoms with van der Waals surface area (Å²) in [6, 6.07) is 7.90. The molecule has 2 rings (SSSR count). The summed E-state index contributed by atoms with van der Waals surface area (Å²) in [5.74, 6) is -2.20. The van der Waals surface area contributed by atoms with Crippen LogP contribution in [0.15, 0.2) is 36.4 Å². The van der Waals surface area contributed by atoms with Gasteiger partial charge in [-0.1, -0.05) is 12.1 Å². The molecule has 0 saturated heterocycles. The van der Waals surface area contributed by atoms with E-state index in [1.807, 2.05) is 0 Å². The van der Waals surface area contributed by atoms with Crippen molar-refractivity contribution in [1.29, 1.82) is 0 Å². The van der Waals surface area contributed by atoms with E-state index in [0.29, 0.717) is 5.56 Å². The quantitative estimate of drug-likeness (QED) is 0.930. The number of hydrogen-bond acceptors (Lipinski definition) is 2. The average molecular weight is 278 g/mol. The van der Waals surface area contributed by atoms with Crippen molar-refractivity contribution in [2.45, 2.75) is 13.5 Å². The first-order valence-electron chi connectivity index (χ1n) is 5.88. The number of ether oxygens (including phenoxy) is 1. The van der Waals surface area contributed by atoms with Crippen LogP contribution >= 0.6 is 0 Å². The van der Waals surface area contributed by atoms with Gasteiger partial charge in [-0.3, -0.25) is 0 Å². The highest BCUT2D eigenvalue weighted by atomic mass is 19.1. The van der Waals surface area contributed by atoms with E-state index in [0.717, 1.165) is 12.1 Å². The molecule has 20 heavy (non-hydrogen) atoms. The number of aromatic carboxylic acids is 1. The Hall–Kier alpha value is -2.43. The number of halogens is 2. The Morgan fingerprint density at radius 3 is 2.45 bits per heavy atom. The predicted molar refractivity (Wildman–Crippen MR) is 68.8 cm³/mol. The van der Waals surface area contributed by atoms with E-state index in [9.17, 15) is 13.6 Å². The molecule has 3 nitrogen and oxygen atoms in total. The van der Waals surface area contributed by atoms with Gasteiger partial charge in [0.05, 0.1) is 11.1 Å². The van der Waals surface area contributed by atoms with Gasteiger partial charge >= 0.3 is 5.97 Å². The Morgan fingerprint density at radius 1 is 1.20 bits per heavy atom. The highest BCUT2D eigenvalue weighted by Crippen LogP contribution is 2.22. The van der Waals surface area contributed by atoms with Crippen molar-refractivity contribution < 1.29 is 23.4 Å².